The second-order valence-electron chi connectivity index (χ2n) is 3.61. The van der Waals surface area contributed by atoms with Gasteiger partial charge in [0.2, 0.25) is 0 Å². The average Bonchev–Trinajstić information content (AvgIpc) is 2.42. The molecule has 0 aromatic heterocycles. The van der Waals surface area contributed by atoms with Crippen LogP contribution in [0.1, 0.15) is 19.3 Å². The number of methoxy groups -OCH3 is 1. The molecule has 2 fully saturated rings. The molecular formula is C9H12O4. The highest BCUT2D eigenvalue weighted by Gasteiger charge is 2.47. The molecule has 72 valence electrons. The molecule has 0 amide bonds. The molecule has 2 bridgehead atoms. The molecule has 2 aliphatic rings. The predicted octanol–water partition coefficient (Wildman–Crippen LogP) is 0.501. The summed E-state index contributed by atoms with van der Waals surface area (Å²) >= 11 is 0. The fraction of sp³-hybridized carbons (Fsp3) is 0.778. The molecule has 0 spiro atoms. The summed E-state index contributed by atoms with van der Waals surface area (Å²) in [6.45, 7) is 0. The van der Waals surface area contributed by atoms with Gasteiger partial charge in [-0.15, -0.1) is 0 Å². The number of hydrogen-bond acceptors (Lipinski definition) is 4. The lowest BCUT2D eigenvalue weighted by Crippen LogP contribution is -2.30. The molecule has 13 heavy (non-hydrogen) atoms. The molecule has 1 saturated carbocycles. The molecule has 4 heteroatoms. The fourth-order valence-electron chi connectivity index (χ4n) is 2.18. The predicted molar refractivity (Wildman–Crippen MR) is 42.7 cm³/mol. The quantitative estimate of drug-likeness (QED) is 0.557. The Morgan fingerprint density at radius 1 is 1.54 bits per heavy atom. The molecule has 1 aliphatic carbocycles. The van der Waals surface area contributed by atoms with Crippen molar-refractivity contribution < 1.29 is 19.1 Å². The average molecular weight is 184 g/mol. The van der Waals surface area contributed by atoms with Gasteiger partial charge in [-0.25, -0.2) is 0 Å². The Morgan fingerprint density at radius 2 is 2.31 bits per heavy atom. The maximum absolute atomic E-state index is 11.3. The van der Waals surface area contributed by atoms with E-state index in [0.29, 0.717) is 12.8 Å². The largest absolute Gasteiger partial charge is 0.469 e. The zero-order valence-corrected chi connectivity index (χ0v) is 7.49. The Morgan fingerprint density at radius 3 is 3.00 bits per heavy atom. The van der Waals surface area contributed by atoms with E-state index in [9.17, 15) is 9.59 Å². The monoisotopic (exact) mass is 184 g/mol. The third kappa shape index (κ3) is 1.30. The molecule has 0 aromatic rings. The first-order valence-corrected chi connectivity index (χ1v) is 4.50. The summed E-state index contributed by atoms with van der Waals surface area (Å²) in [6.07, 6.45) is 2.26. The minimum atomic E-state index is -0.276. The summed E-state index contributed by atoms with van der Waals surface area (Å²) in [4.78, 5) is 22.5. The molecule has 3 atom stereocenters. The lowest BCUT2D eigenvalue weighted by atomic mass is 9.80. The molecule has 1 heterocycles. The van der Waals surface area contributed by atoms with Crippen LogP contribution < -0.4 is 0 Å². The summed E-state index contributed by atoms with van der Waals surface area (Å²) in [5.74, 6) is -1.01. The first-order valence-electron chi connectivity index (χ1n) is 4.50. The Balaban J connectivity index is 2.13. The van der Waals surface area contributed by atoms with E-state index < -0.39 is 0 Å². The Hall–Kier alpha value is -1.06. The van der Waals surface area contributed by atoms with E-state index in [1.165, 1.54) is 7.11 Å². The third-order valence-electron chi connectivity index (χ3n) is 2.89. The van der Waals surface area contributed by atoms with E-state index in [2.05, 4.69) is 4.74 Å². The van der Waals surface area contributed by atoms with Crippen molar-refractivity contribution in [3.8, 4) is 0 Å². The van der Waals surface area contributed by atoms with Gasteiger partial charge >= 0.3 is 11.9 Å². The van der Waals surface area contributed by atoms with Gasteiger partial charge in [-0.3, -0.25) is 9.59 Å². The highest BCUT2D eigenvalue weighted by molar-refractivity contribution is 5.83. The van der Waals surface area contributed by atoms with Gasteiger partial charge in [-0.1, -0.05) is 0 Å². The SMILES string of the molecule is COC(=O)[C@H]1CC[C@@H]2C[C@H]1C(=O)O2. The molecule has 1 aliphatic heterocycles. The van der Waals surface area contributed by atoms with Gasteiger partial charge in [-0.2, -0.15) is 0 Å². The van der Waals surface area contributed by atoms with Crippen LogP contribution >= 0.6 is 0 Å². The summed E-state index contributed by atoms with van der Waals surface area (Å²) in [7, 11) is 1.36. The normalized spacial score (nSPS) is 37.0. The van der Waals surface area contributed by atoms with Crippen molar-refractivity contribution in [2.24, 2.45) is 11.8 Å². The second-order valence-corrected chi connectivity index (χ2v) is 3.61. The van der Waals surface area contributed by atoms with Gasteiger partial charge in [-0.05, 0) is 19.3 Å². The van der Waals surface area contributed by atoms with Crippen LogP contribution in [-0.4, -0.2) is 25.2 Å². The summed E-state index contributed by atoms with van der Waals surface area (Å²) in [5, 5.41) is 0. The van der Waals surface area contributed by atoms with Crippen LogP contribution in [0.3, 0.4) is 0 Å². The topological polar surface area (TPSA) is 52.6 Å². The van der Waals surface area contributed by atoms with Crippen molar-refractivity contribution in [3.05, 3.63) is 0 Å². The van der Waals surface area contributed by atoms with Crippen molar-refractivity contribution in [1.82, 2.24) is 0 Å². The summed E-state index contributed by atoms with van der Waals surface area (Å²) < 4.78 is 9.71. The second kappa shape index (κ2) is 3.01. The van der Waals surface area contributed by atoms with Crippen molar-refractivity contribution in [3.63, 3.8) is 0 Å². The molecule has 0 aromatic carbocycles. The minimum Gasteiger partial charge on any atom is -0.469 e. The van der Waals surface area contributed by atoms with Crippen LogP contribution in [0.25, 0.3) is 0 Å². The van der Waals surface area contributed by atoms with Gasteiger partial charge < -0.3 is 9.47 Å². The van der Waals surface area contributed by atoms with Crippen molar-refractivity contribution >= 4 is 11.9 Å². The lowest BCUT2D eigenvalue weighted by Gasteiger charge is -2.21. The molecule has 4 nitrogen and oxygen atoms in total. The van der Waals surface area contributed by atoms with Crippen molar-refractivity contribution in [2.45, 2.75) is 25.4 Å². The summed E-state index contributed by atoms with van der Waals surface area (Å²) in [6, 6.07) is 0. The van der Waals surface area contributed by atoms with Gasteiger partial charge in [0.1, 0.15) is 6.10 Å². The van der Waals surface area contributed by atoms with Crippen molar-refractivity contribution in [2.75, 3.05) is 7.11 Å². The van der Waals surface area contributed by atoms with E-state index in [-0.39, 0.29) is 29.9 Å². The molecular weight excluding hydrogens is 172 g/mol. The maximum atomic E-state index is 11.3. The highest BCUT2D eigenvalue weighted by atomic mass is 16.6. The minimum absolute atomic E-state index is 0.0541. The molecule has 0 N–H and O–H groups in total. The Kier molecular flexibility index (Phi) is 1.98. The summed E-state index contributed by atoms with van der Waals surface area (Å²) in [5.41, 5.74) is 0. The third-order valence-corrected chi connectivity index (χ3v) is 2.89. The molecule has 0 radical (unpaired) electrons. The highest BCUT2D eigenvalue weighted by Crippen LogP contribution is 2.38. The molecule has 1 saturated heterocycles. The van der Waals surface area contributed by atoms with E-state index in [0.717, 1.165) is 6.42 Å². The number of fused-ring (bicyclic) bond motifs is 2. The smallest absolute Gasteiger partial charge is 0.310 e. The Bertz CT molecular complexity index is 248. The van der Waals surface area contributed by atoms with Gasteiger partial charge in [0.05, 0.1) is 18.9 Å². The van der Waals surface area contributed by atoms with E-state index in [1.807, 2.05) is 0 Å². The van der Waals surface area contributed by atoms with Gasteiger partial charge in [0.15, 0.2) is 0 Å². The zero-order valence-electron chi connectivity index (χ0n) is 7.49. The first-order chi connectivity index (χ1) is 6.22. The molecule has 0 unspecified atom stereocenters. The molecule has 2 rings (SSSR count). The van der Waals surface area contributed by atoms with E-state index in [1.54, 1.807) is 0 Å². The van der Waals surface area contributed by atoms with Gasteiger partial charge in [0.25, 0.3) is 0 Å². The number of hydrogen-bond donors (Lipinski definition) is 0. The van der Waals surface area contributed by atoms with Crippen molar-refractivity contribution in [1.29, 1.82) is 0 Å². The number of carbonyl (C=O) groups excluding carboxylic acids is 2. The van der Waals surface area contributed by atoms with Crippen LogP contribution in [0, 0.1) is 11.8 Å². The van der Waals surface area contributed by atoms with Crippen LogP contribution in [0.15, 0.2) is 0 Å². The number of rotatable bonds is 1. The van der Waals surface area contributed by atoms with Crippen LogP contribution in [0.5, 0.6) is 0 Å². The van der Waals surface area contributed by atoms with Crippen LogP contribution in [0.4, 0.5) is 0 Å². The van der Waals surface area contributed by atoms with Crippen LogP contribution in [-0.2, 0) is 19.1 Å². The standard InChI is InChI=1S/C9H12O4/c1-12-8(10)6-3-2-5-4-7(6)9(11)13-5/h5-7H,2-4H2,1H3/t5-,6+,7-/m1/s1. The van der Waals surface area contributed by atoms with Crippen LogP contribution in [0.2, 0.25) is 0 Å². The zero-order chi connectivity index (χ0) is 9.42. The number of esters is 2. The van der Waals surface area contributed by atoms with E-state index >= 15 is 0 Å². The number of ether oxygens (including phenoxy) is 2. The lowest BCUT2D eigenvalue weighted by molar-refractivity contribution is -0.153. The fourth-order valence-corrected chi connectivity index (χ4v) is 2.18. The van der Waals surface area contributed by atoms with E-state index in [4.69, 9.17) is 4.74 Å². The Labute approximate surface area is 76.2 Å². The van der Waals surface area contributed by atoms with Gasteiger partial charge in [0, 0.05) is 0 Å². The maximum Gasteiger partial charge on any atom is 0.310 e. The number of carbonyl (C=O) groups is 2. The first kappa shape index (κ1) is 8.53.